The van der Waals surface area contributed by atoms with Crippen molar-refractivity contribution >= 4 is 22.7 Å². The van der Waals surface area contributed by atoms with Crippen molar-refractivity contribution in [3.63, 3.8) is 0 Å². The van der Waals surface area contributed by atoms with E-state index in [9.17, 15) is 9.00 Å². The summed E-state index contributed by atoms with van der Waals surface area (Å²) < 4.78 is 11.5. The van der Waals surface area contributed by atoms with Crippen LogP contribution in [0.1, 0.15) is 67.6 Å². The fraction of sp³-hybridized carbons (Fsp3) is 0.375. The molecule has 142 valence electrons. The van der Waals surface area contributed by atoms with Gasteiger partial charge in [-0.3, -0.25) is 9.00 Å². The van der Waals surface area contributed by atoms with Crippen molar-refractivity contribution in [3.05, 3.63) is 70.8 Å². The van der Waals surface area contributed by atoms with Gasteiger partial charge < -0.3 is 0 Å². The van der Waals surface area contributed by atoms with Crippen LogP contribution in [0.4, 0.5) is 0 Å². The molecular formula is C24H28O2S. The minimum absolute atomic E-state index is 0.0140. The monoisotopic (exact) mass is 380 g/mol. The second-order valence-electron chi connectivity index (χ2n) is 8.75. The average Bonchev–Trinajstić information content (AvgIpc) is 2.63. The third-order valence-electron chi connectivity index (χ3n) is 5.78. The first-order chi connectivity index (χ1) is 12.6. The largest absolute Gasteiger partial charge is 0.289 e. The summed E-state index contributed by atoms with van der Waals surface area (Å²) in [5.74, 6) is 0.0140. The third kappa shape index (κ3) is 4.14. The number of carbonyl (C=O) groups excluding carboxylic acids is 1. The first kappa shape index (κ1) is 19.8. The number of ketones is 1. The Morgan fingerprint density at radius 1 is 0.926 bits per heavy atom. The maximum Gasteiger partial charge on any atom is 0.185 e. The van der Waals surface area contributed by atoms with Crippen molar-refractivity contribution in [1.82, 2.24) is 0 Å². The fourth-order valence-corrected chi connectivity index (χ4v) is 4.30. The number of carbonyl (C=O) groups is 1. The summed E-state index contributed by atoms with van der Waals surface area (Å²) in [5, 5.41) is 0. The second kappa shape index (κ2) is 7.20. The Labute approximate surface area is 165 Å². The highest BCUT2D eigenvalue weighted by atomic mass is 32.2. The molecule has 0 amide bonds. The molecule has 27 heavy (non-hydrogen) atoms. The molecule has 0 fully saturated rings. The Morgan fingerprint density at radius 2 is 1.52 bits per heavy atom. The van der Waals surface area contributed by atoms with E-state index in [2.05, 4.69) is 39.8 Å². The highest BCUT2D eigenvalue weighted by Crippen LogP contribution is 2.45. The maximum absolute atomic E-state index is 12.7. The number of rotatable bonds is 4. The first-order valence-electron chi connectivity index (χ1n) is 9.41. The zero-order chi connectivity index (χ0) is 19.8. The predicted molar refractivity (Wildman–Crippen MR) is 114 cm³/mol. The molecule has 0 bridgehead atoms. The van der Waals surface area contributed by atoms with Gasteiger partial charge >= 0.3 is 0 Å². The van der Waals surface area contributed by atoms with E-state index in [0.29, 0.717) is 0 Å². The second-order valence-corrected chi connectivity index (χ2v) is 10.1. The minimum atomic E-state index is -0.986. The molecule has 2 aromatic carbocycles. The number of fused-ring (bicyclic) bond motifs is 1. The van der Waals surface area contributed by atoms with Crippen LogP contribution in [-0.2, 0) is 21.6 Å². The van der Waals surface area contributed by atoms with E-state index in [0.717, 1.165) is 22.4 Å². The molecule has 2 aromatic rings. The molecule has 2 nitrogen and oxygen atoms in total. The lowest BCUT2D eigenvalue weighted by Gasteiger charge is -2.42. The Hall–Kier alpha value is -2.00. The molecule has 1 aliphatic carbocycles. The van der Waals surface area contributed by atoms with Gasteiger partial charge in [-0.2, -0.15) is 0 Å². The van der Waals surface area contributed by atoms with Crippen molar-refractivity contribution in [3.8, 4) is 0 Å². The molecule has 0 aliphatic heterocycles. The van der Waals surface area contributed by atoms with Crippen molar-refractivity contribution < 1.29 is 9.00 Å². The summed E-state index contributed by atoms with van der Waals surface area (Å²) in [7, 11) is -0.986. The molecule has 0 aromatic heterocycles. The van der Waals surface area contributed by atoms with Crippen LogP contribution in [0.15, 0.2) is 53.4 Å². The topological polar surface area (TPSA) is 34.1 Å². The predicted octanol–water partition coefficient (Wildman–Crippen LogP) is 5.67. The summed E-state index contributed by atoms with van der Waals surface area (Å²) >= 11 is 0. The van der Waals surface area contributed by atoms with E-state index < -0.39 is 10.8 Å². The third-order valence-corrected chi connectivity index (χ3v) is 6.71. The molecular weight excluding hydrogens is 352 g/mol. The van der Waals surface area contributed by atoms with Crippen LogP contribution in [-0.4, -0.2) is 16.2 Å². The van der Waals surface area contributed by atoms with Gasteiger partial charge in [-0.25, -0.2) is 0 Å². The van der Waals surface area contributed by atoms with Gasteiger partial charge in [0.05, 0.1) is 0 Å². The van der Waals surface area contributed by atoms with E-state index in [1.165, 1.54) is 17.5 Å². The molecule has 0 spiro atoms. The summed E-state index contributed by atoms with van der Waals surface area (Å²) in [4.78, 5) is 13.5. The molecule has 3 heteroatoms. The fourth-order valence-electron chi connectivity index (χ4n) is 3.78. The number of hydrogen-bond acceptors (Lipinski definition) is 2. The molecule has 0 saturated carbocycles. The van der Waals surface area contributed by atoms with Crippen molar-refractivity contribution in [2.24, 2.45) is 0 Å². The van der Waals surface area contributed by atoms with Crippen LogP contribution < -0.4 is 0 Å². The van der Waals surface area contributed by atoms with Gasteiger partial charge in [-0.15, -0.1) is 0 Å². The summed E-state index contributed by atoms with van der Waals surface area (Å²) in [6.07, 6.45) is 7.40. The van der Waals surface area contributed by atoms with Gasteiger partial charge in [0.1, 0.15) is 0 Å². The maximum atomic E-state index is 12.7. The van der Waals surface area contributed by atoms with Gasteiger partial charge in [-0.05, 0) is 64.6 Å². The molecule has 0 saturated heterocycles. The SMILES string of the molecule is CS(=O)c1ccc(C=CC(=O)c2ccc3c(c2)C(C)(C)CCC3(C)C)cc1. The van der Waals surface area contributed by atoms with E-state index in [1.807, 2.05) is 36.4 Å². The van der Waals surface area contributed by atoms with E-state index in [-0.39, 0.29) is 16.6 Å². The number of benzene rings is 2. The van der Waals surface area contributed by atoms with Crippen LogP contribution in [0.3, 0.4) is 0 Å². The molecule has 0 radical (unpaired) electrons. The van der Waals surface area contributed by atoms with Crippen LogP contribution in [0, 0.1) is 0 Å². The normalized spacial score (nSPS) is 18.9. The van der Waals surface area contributed by atoms with Gasteiger partial charge in [0, 0.05) is 27.5 Å². The van der Waals surface area contributed by atoms with Crippen LogP contribution >= 0.6 is 0 Å². The summed E-state index contributed by atoms with van der Waals surface area (Å²) in [5.41, 5.74) is 4.58. The van der Waals surface area contributed by atoms with Gasteiger partial charge in [0.2, 0.25) is 0 Å². The molecule has 0 heterocycles. The van der Waals surface area contributed by atoms with Crippen molar-refractivity contribution in [2.45, 2.75) is 56.3 Å². The average molecular weight is 381 g/mol. The number of hydrogen-bond donors (Lipinski definition) is 0. The summed E-state index contributed by atoms with van der Waals surface area (Å²) in [6.45, 7) is 9.11. The lowest BCUT2D eigenvalue weighted by atomic mass is 9.63. The van der Waals surface area contributed by atoms with Crippen LogP contribution in [0.25, 0.3) is 6.08 Å². The lowest BCUT2D eigenvalue weighted by molar-refractivity contribution is 0.104. The molecule has 0 N–H and O–H groups in total. The van der Waals surface area contributed by atoms with Gasteiger partial charge in [0.15, 0.2) is 5.78 Å². The Balaban J connectivity index is 1.86. The van der Waals surface area contributed by atoms with Crippen molar-refractivity contribution in [1.29, 1.82) is 0 Å². The highest BCUT2D eigenvalue weighted by molar-refractivity contribution is 7.84. The Kier molecular flexibility index (Phi) is 5.27. The van der Waals surface area contributed by atoms with E-state index >= 15 is 0 Å². The first-order valence-corrected chi connectivity index (χ1v) is 11.0. The Morgan fingerprint density at radius 3 is 2.11 bits per heavy atom. The smallest absolute Gasteiger partial charge is 0.185 e. The molecule has 3 rings (SSSR count). The lowest BCUT2D eigenvalue weighted by Crippen LogP contribution is -2.34. The van der Waals surface area contributed by atoms with E-state index in [4.69, 9.17) is 0 Å². The molecule has 1 unspecified atom stereocenters. The molecule has 1 atom stereocenters. The molecule has 1 aliphatic rings. The highest BCUT2D eigenvalue weighted by Gasteiger charge is 2.37. The zero-order valence-electron chi connectivity index (χ0n) is 16.8. The van der Waals surface area contributed by atoms with Crippen LogP contribution in [0.5, 0.6) is 0 Å². The van der Waals surface area contributed by atoms with E-state index in [1.54, 1.807) is 12.3 Å². The zero-order valence-corrected chi connectivity index (χ0v) is 17.7. The van der Waals surface area contributed by atoms with Crippen LogP contribution in [0.2, 0.25) is 0 Å². The van der Waals surface area contributed by atoms with Gasteiger partial charge in [-0.1, -0.05) is 58.0 Å². The quantitative estimate of drug-likeness (QED) is 0.506. The Bertz CT molecular complexity index is 918. The van der Waals surface area contributed by atoms with Gasteiger partial charge in [0.25, 0.3) is 0 Å². The minimum Gasteiger partial charge on any atom is -0.289 e. The number of allylic oxidation sites excluding steroid dienone is 1. The standard InChI is InChI=1S/C24H28O2S/c1-23(2)14-15-24(3,4)21-16-18(9-12-20(21)23)22(25)13-8-17-6-10-19(11-7-17)27(5)26/h6-13,16H,14-15H2,1-5H3. The van der Waals surface area contributed by atoms with Crippen molar-refractivity contribution in [2.75, 3.05) is 6.26 Å². The summed E-state index contributed by atoms with van der Waals surface area (Å²) in [6, 6.07) is 13.6.